The molecule has 0 unspecified atom stereocenters. The molecule has 0 spiro atoms. The van der Waals surface area contributed by atoms with E-state index in [-0.39, 0.29) is 16.0 Å². The zero-order valence-electron chi connectivity index (χ0n) is 18.8. The van der Waals surface area contributed by atoms with Crippen LogP contribution in [0.5, 0.6) is 5.75 Å². The molecule has 9 heteroatoms. The molecule has 1 amide bonds. The minimum Gasteiger partial charge on any atom is -0.493 e. The zero-order chi connectivity index (χ0) is 24.3. The summed E-state index contributed by atoms with van der Waals surface area (Å²) in [6, 6.07) is 20.1. The molecular formula is C25H23N3O5S. The number of methoxy groups -OCH3 is 1. The molecule has 0 fully saturated rings. The summed E-state index contributed by atoms with van der Waals surface area (Å²) in [6.07, 6.45) is 0. The topological polar surface area (TPSA) is 110 Å². The van der Waals surface area contributed by atoms with Crippen LogP contribution in [0.25, 0.3) is 11.0 Å². The van der Waals surface area contributed by atoms with Gasteiger partial charge in [0.25, 0.3) is 15.9 Å². The molecule has 1 aromatic heterocycles. The van der Waals surface area contributed by atoms with E-state index in [9.17, 15) is 13.2 Å². The molecule has 2 N–H and O–H groups in total. The van der Waals surface area contributed by atoms with Gasteiger partial charge in [-0.3, -0.25) is 4.79 Å². The molecule has 0 aliphatic carbocycles. The fourth-order valence-corrected chi connectivity index (χ4v) is 4.13. The average Bonchev–Trinajstić information content (AvgIpc) is 2.84. The summed E-state index contributed by atoms with van der Waals surface area (Å²) >= 11 is 0. The standard InChI is InChI=1S/C25H23N3O5S/c1-16-12-13-19(14-17(16)2)26-24(29)21-15-18-8-7-11-22(32-3)23(18)33-25(21)27-28-34(30,31)20-9-5-4-6-10-20/h4-15,28H,1-3H3,(H,26,29)/b27-25-. The van der Waals surface area contributed by atoms with Crippen LogP contribution in [0.1, 0.15) is 21.5 Å². The molecule has 0 saturated carbocycles. The molecule has 3 aromatic carbocycles. The van der Waals surface area contributed by atoms with Crippen molar-refractivity contribution in [3.8, 4) is 5.75 Å². The Balaban J connectivity index is 1.81. The summed E-state index contributed by atoms with van der Waals surface area (Å²) in [5, 5.41) is 7.37. The van der Waals surface area contributed by atoms with Gasteiger partial charge >= 0.3 is 0 Å². The predicted octanol–water partition coefficient (Wildman–Crippen LogP) is 4.10. The maximum atomic E-state index is 13.2. The summed E-state index contributed by atoms with van der Waals surface area (Å²) in [4.78, 5) is 15.4. The SMILES string of the molecule is COc1cccc2cc(C(=O)Nc3ccc(C)c(C)c3)/c(=N/NS(=O)(=O)c3ccccc3)oc12. The van der Waals surface area contributed by atoms with Gasteiger partial charge in [0.05, 0.1) is 12.0 Å². The van der Waals surface area contributed by atoms with Crippen molar-refractivity contribution >= 4 is 32.6 Å². The Morgan fingerprint density at radius 1 is 0.941 bits per heavy atom. The van der Waals surface area contributed by atoms with Crippen LogP contribution in [0.4, 0.5) is 5.69 Å². The summed E-state index contributed by atoms with van der Waals surface area (Å²) < 4.78 is 36.5. The van der Waals surface area contributed by atoms with Gasteiger partial charge in [0.2, 0.25) is 5.55 Å². The Labute approximate surface area is 196 Å². The molecule has 4 aromatic rings. The number of hydrogen-bond donors (Lipinski definition) is 2. The van der Waals surface area contributed by atoms with Crippen LogP contribution < -0.4 is 20.4 Å². The molecule has 34 heavy (non-hydrogen) atoms. The van der Waals surface area contributed by atoms with Crippen LogP contribution in [-0.2, 0) is 10.0 Å². The van der Waals surface area contributed by atoms with E-state index in [2.05, 4.69) is 15.2 Å². The molecule has 174 valence electrons. The fourth-order valence-electron chi connectivity index (χ4n) is 3.30. The second-order valence-corrected chi connectivity index (χ2v) is 9.28. The van der Waals surface area contributed by atoms with E-state index >= 15 is 0 Å². The Kier molecular flexibility index (Phi) is 6.38. The van der Waals surface area contributed by atoms with Gasteiger partial charge < -0.3 is 14.5 Å². The fraction of sp³-hybridized carbons (Fsp3) is 0.120. The van der Waals surface area contributed by atoms with Crippen LogP contribution in [-0.4, -0.2) is 21.4 Å². The van der Waals surface area contributed by atoms with E-state index in [4.69, 9.17) is 9.15 Å². The number of carbonyl (C=O) groups is 1. The monoisotopic (exact) mass is 477 g/mol. The van der Waals surface area contributed by atoms with Crippen LogP contribution in [0.15, 0.2) is 87.2 Å². The molecule has 0 saturated heterocycles. The lowest BCUT2D eigenvalue weighted by Crippen LogP contribution is -2.27. The number of rotatable bonds is 6. The van der Waals surface area contributed by atoms with Gasteiger partial charge in [-0.05, 0) is 61.4 Å². The predicted molar refractivity (Wildman–Crippen MR) is 129 cm³/mol. The highest BCUT2D eigenvalue weighted by atomic mass is 32.2. The lowest BCUT2D eigenvalue weighted by atomic mass is 10.1. The normalized spacial score (nSPS) is 11.9. The quantitative estimate of drug-likeness (QED) is 0.406. The Bertz CT molecular complexity index is 1540. The molecule has 0 radical (unpaired) electrons. The number of fused-ring (bicyclic) bond motifs is 1. The maximum Gasteiger partial charge on any atom is 0.276 e. The van der Waals surface area contributed by atoms with Gasteiger partial charge in [-0.2, -0.15) is 13.2 Å². The largest absolute Gasteiger partial charge is 0.493 e. The minimum atomic E-state index is -3.98. The molecule has 0 atom stereocenters. The number of sulfonamides is 1. The van der Waals surface area contributed by atoms with Gasteiger partial charge in [-0.25, -0.2) is 0 Å². The maximum absolute atomic E-state index is 13.2. The van der Waals surface area contributed by atoms with Crippen molar-refractivity contribution in [2.24, 2.45) is 5.10 Å². The van der Waals surface area contributed by atoms with Crippen molar-refractivity contribution < 1.29 is 22.4 Å². The Morgan fingerprint density at radius 3 is 2.41 bits per heavy atom. The van der Waals surface area contributed by atoms with E-state index in [0.717, 1.165) is 11.1 Å². The van der Waals surface area contributed by atoms with E-state index in [1.807, 2.05) is 26.0 Å². The van der Waals surface area contributed by atoms with Gasteiger partial charge in [-0.1, -0.05) is 36.4 Å². The van der Waals surface area contributed by atoms with Crippen LogP contribution >= 0.6 is 0 Å². The average molecular weight is 478 g/mol. The van der Waals surface area contributed by atoms with Gasteiger partial charge in [0, 0.05) is 11.1 Å². The van der Waals surface area contributed by atoms with Gasteiger partial charge in [0.15, 0.2) is 11.3 Å². The number of anilines is 1. The highest BCUT2D eigenvalue weighted by Crippen LogP contribution is 2.25. The van der Waals surface area contributed by atoms with Crippen LogP contribution in [0, 0.1) is 13.8 Å². The molecule has 1 heterocycles. The smallest absolute Gasteiger partial charge is 0.276 e. The highest BCUT2D eigenvalue weighted by Gasteiger charge is 2.17. The van der Waals surface area contributed by atoms with E-state index in [1.54, 1.807) is 48.5 Å². The second-order valence-electron chi connectivity index (χ2n) is 7.62. The lowest BCUT2D eigenvalue weighted by Gasteiger charge is -2.10. The number of benzene rings is 3. The third-order valence-electron chi connectivity index (χ3n) is 5.29. The van der Waals surface area contributed by atoms with E-state index < -0.39 is 15.9 Å². The molecular weight excluding hydrogens is 454 g/mol. The first-order chi connectivity index (χ1) is 16.3. The number of amides is 1. The number of aryl methyl sites for hydroxylation is 2. The summed E-state index contributed by atoms with van der Waals surface area (Å²) in [5.41, 5.74) is 2.87. The first kappa shape index (κ1) is 23.1. The number of nitrogens with zero attached hydrogens (tertiary/aromatic N) is 1. The number of carbonyl (C=O) groups excluding carboxylic acids is 1. The number of hydrogen-bond acceptors (Lipinski definition) is 6. The lowest BCUT2D eigenvalue weighted by molar-refractivity contribution is 0.102. The third-order valence-corrected chi connectivity index (χ3v) is 6.51. The van der Waals surface area contributed by atoms with Crippen molar-refractivity contribution in [2.45, 2.75) is 18.7 Å². The van der Waals surface area contributed by atoms with E-state index in [1.165, 1.54) is 19.2 Å². The molecule has 0 aliphatic heterocycles. The van der Waals surface area contributed by atoms with Crippen molar-refractivity contribution in [2.75, 3.05) is 12.4 Å². The second kappa shape index (κ2) is 9.40. The Morgan fingerprint density at radius 2 is 1.71 bits per heavy atom. The van der Waals surface area contributed by atoms with Gasteiger partial charge in [0.1, 0.15) is 5.56 Å². The summed E-state index contributed by atoms with van der Waals surface area (Å²) in [7, 11) is -2.49. The van der Waals surface area contributed by atoms with Gasteiger partial charge in [-0.15, -0.1) is 5.10 Å². The first-order valence-corrected chi connectivity index (χ1v) is 11.9. The minimum absolute atomic E-state index is 0.0262. The number of nitrogens with one attached hydrogen (secondary N) is 2. The number of ether oxygens (including phenoxy) is 1. The van der Waals surface area contributed by atoms with Crippen LogP contribution in [0.2, 0.25) is 0 Å². The van der Waals surface area contributed by atoms with Crippen molar-refractivity contribution in [3.63, 3.8) is 0 Å². The number of para-hydroxylation sites is 1. The summed E-state index contributed by atoms with van der Waals surface area (Å²) in [5.74, 6) is -0.0876. The van der Waals surface area contributed by atoms with Crippen molar-refractivity contribution in [1.82, 2.24) is 4.83 Å². The molecule has 0 aliphatic rings. The zero-order valence-corrected chi connectivity index (χ0v) is 19.6. The summed E-state index contributed by atoms with van der Waals surface area (Å²) in [6.45, 7) is 3.92. The third kappa shape index (κ3) is 4.79. The van der Waals surface area contributed by atoms with E-state index in [0.29, 0.717) is 22.4 Å². The van der Waals surface area contributed by atoms with Crippen molar-refractivity contribution in [3.05, 3.63) is 95.0 Å². The molecule has 0 bridgehead atoms. The first-order valence-electron chi connectivity index (χ1n) is 10.4. The highest BCUT2D eigenvalue weighted by molar-refractivity contribution is 7.89. The van der Waals surface area contributed by atoms with Crippen LogP contribution in [0.3, 0.4) is 0 Å². The molecule has 8 nitrogen and oxygen atoms in total. The Hall–Kier alpha value is -4.11. The van der Waals surface area contributed by atoms with Crippen molar-refractivity contribution in [1.29, 1.82) is 0 Å². The molecule has 4 rings (SSSR count).